The van der Waals surface area contributed by atoms with Crippen molar-refractivity contribution >= 4 is 17.0 Å². The lowest BCUT2D eigenvalue weighted by molar-refractivity contribution is 0.0698. The molecule has 0 bridgehead atoms. The van der Waals surface area contributed by atoms with Crippen molar-refractivity contribution in [1.29, 1.82) is 0 Å². The third-order valence-corrected chi connectivity index (χ3v) is 5.70. The molecule has 9 nitrogen and oxygen atoms in total. The molecule has 3 heterocycles. The van der Waals surface area contributed by atoms with Crippen molar-refractivity contribution < 1.29 is 9.90 Å². The molecule has 3 aromatic heterocycles. The highest BCUT2D eigenvalue weighted by Crippen LogP contribution is 2.24. The summed E-state index contributed by atoms with van der Waals surface area (Å²) in [5.74, 6) is 0.523. The Bertz CT molecular complexity index is 1400. The largest absolute Gasteiger partial charge is 0.478 e. The first-order chi connectivity index (χ1) is 16.1. The van der Waals surface area contributed by atoms with Crippen LogP contribution in [0.3, 0.4) is 0 Å². The number of carbonyl (C=O) groups is 1. The number of nitrogens with zero attached hydrogens (tertiary/aromatic N) is 6. The van der Waals surface area contributed by atoms with Gasteiger partial charge in [-0.15, -0.1) is 10.2 Å². The van der Waals surface area contributed by atoms with Gasteiger partial charge in [0.1, 0.15) is 5.82 Å². The number of hydrogen-bond acceptors (Lipinski definition) is 5. The molecule has 2 aromatic carbocycles. The molecule has 166 valence electrons. The van der Waals surface area contributed by atoms with Gasteiger partial charge >= 0.3 is 5.97 Å². The molecule has 0 amide bonds. The lowest BCUT2D eigenvalue weighted by atomic mass is 10.1. The topological polar surface area (TPSA) is 115 Å². The minimum absolute atomic E-state index is 0.278. The van der Waals surface area contributed by atoms with Crippen LogP contribution in [0.5, 0.6) is 0 Å². The molecule has 0 saturated heterocycles. The van der Waals surface area contributed by atoms with Crippen molar-refractivity contribution in [2.75, 3.05) is 0 Å². The van der Waals surface area contributed by atoms with E-state index in [0.717, 1.165) is 47.4 Å². The minimum Gasteiger partial charge on any atom is -0.478 e. The maximum atomic E-state index is 11.9. The van der Waals surface area contributed by atoms with E-state index < -0.39 is 5.97 Å². The number of rotatable bonds is 8. The summed E-state index contributed by atoms with van der Waals surface area (Å²) in [4.78, 5) is 16.6. The number of aromatic carboxylic acids is 1. The van der Waals surface area contributed by atoms with Gasteiger partial charge in [-0.1, -0.05) is 31.5 Å². The molecule has 5 rings (SSSR count). The van der Waals surface area contributed by atoms with Crippen LogP contribution in [0.4, 0.5) is 0 Å². The van der Waals surface area contributed by atoms with E-state index in [2.05, 4.69) is 39.7 Å². The monoisotopic (exact) mass is 441 g/mol. The number of fused-ring (bicyclic) bond motifs is 1. The Morgan fingerprint density at radius 1 is 1.12 bits per heavy atom. The Labute approximate surface area is 189 Å². The van der Waals surface area contributed by atoms with Crippen molar-refractivity contribution in [1.82, 2.24) is 34.7 Å². The summed E-state index contributed by atoms with van der Waals surface area (Å²) in [6.45, 7) is 2.69. The number of imidazole rings is 1. The quantitative estimate of drug-likeness (QED) is 0.375. The molecule has 2 N–H and O–H groups in total. The van der Waals surface area contributed by atoms with Gasteiger partial charge in [0.05, 0.1) is 16.6 Å². The van der Waals surface area contributed by atoms with Gasteiger partial charge in [-0.05, 0) is 47.5 Å². The summed E-state index contributed by atoms with van der Waals surface area (Å²) in [7, 11) is 0. The number of benzene rings is 2. The fourth-order valence-electron chi connectivity index (χ4n) is 4.03. The third kappa shape index (κ3) is 4.00. The van der Waals surface area contributed by atoms with Crippen molar-refractivity contribution in [3.63, 3.8) is 0 Å². The Kier molecular flexibility index (Phi) is 5.43. The van der Waals surface area contributed by atoms with Crippen LogP contribution in [0.25, 0.3) is 28.1 Å². The van der Waals surface area contributed by atoms with E-state index in [9.17, 15) is 9.90 Å². The number of hydrogen-bond donors (Lipinski definition) is 2. The van der Waals surface area contributed by atoms with Crippen LogP contribution in [-0.2, 0) is 13.0 Å². The van der Waals surface area contributed by atoms with Gasteiger partial charge in [0, 0.05) is 36.6 Å². The fraction of sp³-hybridized carbons (Fsp3) is 0.208. The standard InChI is InChI=1S/C24H23N7O2/c1-2-3-7-21-25-20-6-4-5-19(24(32)33)22(20)31(21)14-16-8-10-18(11-9-16)30-13-12-17(15-30)23-26-28-29-27-23/h4-6,8-13,15H,2-3,7,14H2,1H3,(H,32,33)(H,26,27,28,29). The molecule has 33 heavy (non-hydrogen) atoms. The van der Waals surface area contributed by atoms with Crippen LogP contribution in [0.2, 0.25) is 0 Å². The summed E-state index contributed by atoms with van der Waals surface area (Å²) >= 11 is 0. The van der Waals surface area contributed by atoms with Gasteiger partial charge in [-0.25, -0.2) is 9.78 Å². The zero-order valence-corrected chi connectivity index (χ0v) is 18.1. The average Bonchev–Trinajstić information content (AvgIpc) is 3.58. The molecule has 9 heteroatoms. The van der Waals surface area contributed by atoms with Crippen molar-refractivity contribution in [2.24, 2.45) is 0 Å². The van der Waals surface area contributed by atoms with Gasteiger partial charge < -0.3 is 14.2 Å². The van der Waals surface area contributed by atoms with Gasteiger partial charge in [0.25, 0.3) is 0 Å². The van der Waals surface area contributed by atoms with Crippen LogP contribution in [0.15, 0.2) is 60.9 Å². The third-order valence-electron chi connectivity index (χ3n) is 5.70. The first-order valence-corrected chi connectivity index (χ1v) is 10.9. The minimum atomic E-state index is -0.941. The number of H-pyrrole nitrogens is 1. The van der Waals surface area contributed by atoms with Crippen LogP contribution < -0.4 is 0 Å². The van der Waals surface area contributed by atoms with Gasteiger partial charge in [0.15, 0.2) is 0 Å². The lowest BCUT2D eigenvalue weighted by Gasteiger charge is -2.12. The van der Waals surface area contributed by atoms with E-state index >= 15 is 0 Å². The SMILES string of the molecule is CCCCc1nc2cccc(C(=O)O)c2n1Cc1ccc(-n2ccc(-c3nn[nH]n3)c2)cc1. The first-order valence-electron chi connectivity index (χ1n) is 10.9. The highest BCUT2D eigenvalue weighted by Gasteiger charge is 2.18. The molecule has 0 aliphatic rings. The normalized spacial score (nSPS) is 11.3. The fourth-order valence-corrected chi connectivity index (χ4v) is 4.03. The maximum Gasteiger partial charge on any atom is 0.337 e. The molecule has 0 spiro atoms. The van der Waals surface area contributed by atoms with E-state index in [-0.39, 0.29) is 5.56 Å². The molecular formula is C24H23N7O2. The molecule has 0 saturated carbocycles. The van der Waals surface area contributed by atoms with E-state index in [1.807, 2.05) is 45.8 Å². The van der Waals surface area contributed by atoms with Crippen molar-refractivity contribution in [2.45, 2.75) is 32.7 Å². The number of aromatic nitrogens is 7. The van der Waals surface area contributed by atoms with Gasteiger partial charge in [-0.2, -0.15) is 5.21 Å². The van der Waals surface area contributed by atoms with Gasteiger partial charge in [-0.3, -0.25) is 0 Å². The van der Waals surface area contributed by atoms with E-state index in [4.69, 9.17) is 4.98 Å². The Morgan fingerprint density at radius 2 is 1.97 bits per heavy atom. The predicted molar refractivity (Wildman–Crippen MR) is 123 cm³/mol. The molecule has 0 unspecified atom stereocenters. The van der Waals surface area contributed by atoms with E-state index in [0.29, 0.717) is 17.9 Å². The number of carboxylic acid groups (broad SMARTS) is 1. The van der Waals surface area contributed by atoms with Crippen LogP contribution in [0, 0.1) is 0 Å². The molecular weight excluding hydrogens is 418 g/mol. The summed E-state index contributed by atoms with van der Waals surface area (Å²) < 4.78 is 4.05. The predicted octanol–water partition coefficient (Wildman–Crippen LogP) is 4.10. The van der Waals surface area contributed by atoms with E-state index in [1.165, 1.54) is 0 Å². The molecule has 0 atom stereocenters. The van der Waals surface area contributed by atoms with E-state index in [1.54, 1.807) is 12.1 Å². The van der Waals surface area contributed by atoms with Gasteiger partial charge in [0.2, 0.25) is 5.82 Å². The second-order valence-electron chi connectivity index (χ2n) is 7.91. The molecule has 0 aliphatic carbocycles. The van der Waals surface area contributed by atoms with Crippen LogP contribution in [0.1, 0.15) is 41.5 Å². The average molecular weight is 441 g/mol. The molecule has 5 aromatic rings. The second kappa shape index (κ2) is 8.70. The molecule has 0 radical (unpaired) electrons. The van der Waals surface area contributed by atoms with Crippen LogP contribution >= 0.6 is 0 Å². The summed E-state index contributed by atoms with van der Waals surface area (Å²) in [6, 6.07) is 15.4. The highest BCUT2D eigenvalue weighted by molar-refractivity contribution is 6.01. The number of aryl methyl sites for hydroxylation is 1. The Hall–Kier alpha value is -4.27. The maximum absolute atomic E-state index is 11.9. The number of tetrazole rings is 1. The van der Waals surface area contributed by atoms with Crippen molar-refractivity contribution in [3.05, 3.63) is 77.9 Å². The summed E-state index contributed by atoms with van der Waals surface area (Å²) in [5.41, 5.74) is 4.62. The zero-order valence-electron chi connectivity index (χ0n) is 18.1. The lowest BCUT2D eigenvalue weighted by Crippen LogP contribution is -2.08. The summed E-state index contributed by atoms with van der Waals surface area (Å²) in [5, 5.41) is 23.8. The second-order valence-corrected chi connectivity index (χ2v) is 7.91. The summed E-state index contributed by atoms with van der Waals surface area (Å²) in [6.07, 6.45) is 6.76. The Morgan fingerprint density at radius 3 is 2.70 bits per heavy atom. The number of carboxylic acids is 1. The number of unbranched alkanes of at least 4 members (excludes halogenated alkanes) is 1. The first kappa shape index (κ1) is 20.6. The number of para-hydroxylation sites is 1. The molecule has 0 aliphatic heterocycles. The zero-order chi connectivity index (χ0) is 22.8. The number of nitrogens with one attached hydrogen (secondary N) is 1. The van der Waals surface area contributed by atoms with Crippen LogP contribution in [-0.4, -0.2) is 45.8 Å². The highest BCUT2D eigenvalue weighted by atomic mass is 16.4. The van der Waals surface area contributed by atoms with Crippen molar-refractivity contribution in [3.8, 4) is 17.1 Å². The smallest absolute Gasteiger partial charge is 0.337 e. The Balaban J connectivity index is 1.46. The molecule has 0 fully saturated rings. The number of aromatic amines is 1.